The smallest absolute Gasteiger partial charge is 0.336 e. The molecule has 0 unspecified atom stereocenters. The Morgan fingerprint density at radius 1 is 1.30 bits per heavy atom. The number of carboxylic acids is 1. The monoisotopic (exact) mass is 312 g/mol. The molecular weight excluding hydrogens is 296 g/mol. The van der Waals surface area contributed by atoms with Crippen molar-refractivity contribution < 1.29 is 9.90 Å². The predicted molar refractivity (Wildman–Crippen MR) is 84.0 cm³/mol. The number of carbonyl (C=O) groups is 1. The molecule has 1 aliphatic carbocycles. The van der Waals surface area contributed by atoms with E-state index in [1.165, 1.54) is 6.07 Å². The highest BCUT2D eigenvalue weighted by Crippen LogP contribution is 2.33. The number of carboxylic acid groups (broad SMARTS) is 1. The molecule has 0 radical (unpaired) electrons. The zero-order valence-electron chi connectivity index (χ0n) is 12.7. The second-order valence-corrected chi connectivity index (χ2v) is 6.14. The summed E-state index contributed by atoms with van der Waals surface area (Å²) < 4.78 is 1.79. The summed E-state index contributed by atoms with van der Waals surface area (Å²) >= 11 is 0. The Labute approximate surface area is 131 Å². The number of H-pyrrole nitrogens is 1. The van der Waals surface area contributed by atoms with Gasteiger partial charge in [0, 0.05) is 5.92 Å². The van der Waals surface area contributed by atoms with Crippen LogP contribution in [0.4, 0.5) is 0 Å². The van der Waals surface area contributed by atoms with Gasteiger partial charge in [0.1, 0.15) is 5.82 Å². The van der Waals surface area contributed by atoms with Gasteiger partial charge in [0.15, 0.2) is 0 Å². The minimum Gasteiger partial charge on any atom is -0.478 e. The van der Waals surface area contributed by atoms with Gasteiger partial charge in [-0.15, -0.1) is 10.2 Å². The van der Waals surface area contributed by atoms with Crippen molar-refractivity contribution in [3.05, 3.63) is 39.4 Å². The third kappa shape index (κ3) is 2.03. The van der Waals surface area contributed by atoms with Gasteiger partial charge in [-0.05, 0) is 37.5 Å². The predicted octanol–water partition coefficient (Wildman–Crippen LogP) is 2.24. The highest BCUT2D eigenvalue weighted by molar-refractivity contribution is 5.94. The van der Waals surface area contributed by atoms with E-state index in [1.54, 1.807) is 17.4 Å². The summed E-state index contributed by atoms with van der Waals surface area (Å²) in [6, 6.07) is 3.29. The lowest BCUT2D eigenvalue weighted by atomic mass is 10.1. The van der Waals surface area contributed by atoms with Gasteiger partial charge in [-0.3, -0.25) is 9.20 Å². The van der Waals surface area contributed by atoms with E-state index in [0.717, 1.165) is 37.0 Å². The number of hydrogen-bond donors (Lipinski definition) is 2. The van der Waals surface area contributed by atoms with E-state index in [-0.39, 0.29) is 16.8 Å². The molecule has 1 aromatic carbocycles. The summed E-state index contributed by atoms with van der Waals surface area (Å²) in [4.78, 5) is 26.3. The molecule has 0 aliphatic heterocycles. The van der Waals surface area contributed by atoms with Crippen LogP contribution in [0.2, 0.25) is 0 Å². The Morgan fingerprint density at radius 2 is 2.04 bits per heavy atom. The van der Waals surface area contributed by atoms with Gasteiger partial charge in [-0.25, -0.2) is 4.79 Å². The van der Waals surface area contributed by atoms with Gasteiger partial charge in [-0.1, -0.05) is 12.8 Å². The van der Waals surface area contributed by atoms with Crippen molar-refractivity contribution in [2.45, 2.75) is 38.5 Å². The fraction of sp³-hybridized carbons (Fsp3) is 0.375. The highest BCUT2D eigenvalue weighted by atomic mass is 16.4. The average molecular weight is 312 g/mol. The molecule has 0 atom stereocenters. The molecule has 0 saturated heterocycles. The maximum Gasteiger partial charge on any atom is 0.336 e. The normalized spacial score (nSPS) is 15.7. The van der Waals surface area contributed by atoms with Crippen LogP contribution in [0.25, 0.3) is 16.7 Å². The standard InChI is InChI=1S/C16H16N4O3/c1-8-6-12-11(7-10(8)16(22)23)17-15(21)14-19-18-13(20(12)14)9-4-2-3-5-9/h6-7,9H,2-5H2,1H3,(H,17,21)(H,22,23). The first-order valence-electron chi connectivity index (χ1n) is 7.71. The third-order valence-corrected chi connectivity index (χ3v) is 4.67. The number of aryl methyl sites for hydroxylation is 1. The zero-order chi connectivity index (χ0) is 16.1. The number of benzene rings is 1. The van der Waals surface area contributed by atoms with Crippen molar-refractivity contribution in [3.63, 3.8) is 0 Å². The van der Waals surface area contributed by atoms with E-state index in [9.17, 15) is 14.7 Å². The summed E-state index contributed by atoms with van der Waals surface area (Å²) in [6.45, 7) is 1.75. The zero-order valence-corrected chi connectivity index (χ0v) is 12.7. The summed E-state index contributed by atoms with van der Waals surface area (Å²) in [5.74, 6) is 0.0932. The molecule has 0 bridgehead atoms. The van der Waals surface area contributed by atoms with Crippen LogP contribution in [0.5, 0.6) is 0 Å². The fourth-order valence-electron chi connectivity index (χ4n) is 3.52. The van der Waals surface area contributed by atoms with E-state index in [1.807, 2.05) is 0 Å². The SMILES string of the molecule is Cc1cc2c(cc1C(=O)O)[nH]c(=O)c1nnc(C3CCCC3)n12. The molecule has 23 heavy (non-hydrogen) atoms. The number of nitrogens with one attached hydrogen (secondary N) is 1. The molecule has 1 aliphatic rings. The number of fused-ring (bicyclic) bond motifs is 3. The molecule has 2 N–H and O–H groups in total. The van der Waals surface area contributed by atoms with Crippen molar-refractivity contribution >= 4 is 22.6 Å². The lowest BCUT2D eigenvalue weighted by Crippen LogP contribution is -2.14. The van der Waals surface area contributed by atoms with Crippen molar-refractivity contribution in [1.29, 1.82) is 0 Å². The topological polar surface area (TPSA) is 100 Å². The van der Waals surface area contributed by atoms with E-state index >= 15 is 0 Å². The Hall–Kier alpha value is -2.70. The minimum absolute atomic E-state index is 0.183. The highest BCUT2D eigenvalue weighted by Gasteiger charge is 2.24. The van der Waals surface area contributed by atoms with E-state index < -0.39 is 5.97 Å². The summed E-state index contributed by atoms with van der Waals surface area (Å²) in [7, 11) is 0. The molecule has 4 rings (SSSR count). The van der Waals surface area contributed by atoms with Gasteiger partial charge in [-0.2, -0.15) is 0 Å². The van der Waals surface area contributed by atoms with E-state index in [0.29, 0.717) is 17.0 Å². The first-order chi connectivity index (χ1) is 11.1. The molecule has 2 heterocycles. The third-order valence-electron chi connectivity index (χ3n) is 4.67. The first kappa shape index (κ1) is 13.9. The maximum atomic E-state index is 12.3. The van der Waals surface area contributed by atoms with Crippen molar-refractivity contribution in [3.8, 4) is 0 Å². The van der Waals surface area contributed by atoms with Crippen LogP contribution in [0.15, 0.2) is 16.9 Å². The number of rotatable bonds is 2. The fourth-order valence-corrected chi connectivity index (χ4v) is 3.52. The molecule has 118 valence electrons. The Morgan fingerprint density at radius 3 is 2.74 bits per heavy atom. The van der Waals surface area contributed by atoms with E-state index in [2.05, 4.69) is 15.2 Å². The van der Waals surface area contributed by atoms with Crippen LogP contribution in [-0.4, -0.2) is 30.7 Å². The minimum atomic E-state index is -1.01. The quantitative estimate of drug-likeness (QED) is 0.756. The van der Waals surface area contributed by atoms with Crippen LogP contribution >= 0.6 is 0 Å². The summed E-state index contributed by atoms with van der Waals surface area (Å²) in [5.41, 5.74) is 1.97. The maximum absolute atomic E-state index is 12.3. The molecule has 0 amide bonds. The number of aromatic carboxylic acids is 1. The summed E-state index contributed by atoms with van der Waals surface area (Å²) in [6.07, 6.45) is 4.40. The molecule has 3 aromatic rings. The average Bonchev–Trinajstić information content (AvgIpc) is 3.16. The van der Waals surface area contributed by atoms with Crippen molar-refractivity contribution in [1.82, 2.24) is 19.6 Å². The lowest BCUT2D eigenvalue weighted by molar-refractivity contribution is 0.0696. The molecular formula is C16H16N4O3. The van der Waals surface area contributed by atoms with Crippen molar-refractivity contribution in [2.75, 3.05) is 0 Å². The molecule has 7 heteroatoms. The molecule has 2 aromatic heterocycles. The first-order valence-corrected chi connectivity index (χ1v) is 7.71. The second kappa shape index (κ2) is 4.91. The van der Waals surface area contributed by atoms with Crippen LogP contribution in [-0.2, 0) is 0 Å². The van der Waals surface area contributed by atoms with Gasteiger partial charge in [0.25, 0.3) is 5.56 Å². The largest absolute Gasteiger partial charge is 0.478 e. The number of aromatic nitrogens is 4. The second-order valence-electron chi connectivity index (χ2n) is 6.14. The summed E-state index contributed by atoms with van der Waals surface area (Å²) in [5, 5.41) is 17.6. The van der Waals surface area contributed by atoms with Gasteiger partial charge >= 0.3 is 5.97 Å². The molecule has 1 fully saturated rings. The van der Waals surface area contributed by atoms with Crippen LogP contribution in [0.1, 0.15) is 53.3 Å². The van der Waals surface area contributed by atoms with E-state index in [4.69, 9.17) is 0 Å². The number of hydrogen-bond acceptors (Lipinski definition) is 4. The van der Waals surface area contributed by atoms with Gasteiger partial charge in [0.05, 0.1) is 16.6 Å². The molecule has 1 saturated carbocycles. The Balaban J connectivity index is 2.10. The van der Waals surface area contributed by atoms with Crippen LogP contribution in [0, 0.1) is 6.92 Å². The molecule has 0 spiro atoms. The molecule has 7 nitrogen and oxygen atoms in total. The van der Waals surface area contributed by atoms with Crippen LogP contribution < -0.4 is 5.56 Å². The number of aromatic amines is 1. The van der Waals surface area contributed by atoms with Crippen molar-refractivity contribution in [2.24, 2.45) is 0 Å². The van der Waals surface area contributed by atoms with Gasteiger partial charge in [0.2, 0.25) is 5.65 Å². The Kier molecular flexibility index (Phi) is 2.97. The number of nitrogens with zero attached hydrogens (tertiary/aromatic N) is 3. The Bertz CT molecular complexity index is 996. The lowest BCUT2D eigenvalue weighted by Gasteiger charge is -2.11. The van der Waals surface area contributed by atoms with Gasteiger partial charge < -0.3 is 10.1 Å². The van der Waals surface area contributed by atoms with Crippen LogP contribution in [0.3, 0.4) is 0 Å².